The Morgan fingerprint density at radius 2 is 2.12 bits per heavy atom. The molecule has 0 saturated carbocycles. The molecule has 17 heavy (non-hydrogen) atoms. The highest BCUT2D eigenvalue weighted by molar-refractivity contribution is 5.70. The summed E-state index contributed by atoms with van der Waals surface area (Å²) in [6.45, 7) is 0.432. The Kier molecular flexibility index (Phi) is 3.79. The molecule has 2 rings (SSSR count). The molecule has 1 aromatic carbocycles. The normalized spacial score (nSPS) is 15.6. The van der Waals surface area contributed by atoms with Crippen molar-refractivity contribution in [3.8, 4) is 0 Å². The van der Waals surface area contributed by atoms with Crippen molar-refractivity contribution in [2.75, 3.05) is 6.54 Å². The van der Waals surface area contributed by atoms with Crippen LogP contribution in [0.3, 0.4) is 0 Å². The highest BCUT2D eigenvalue weighted by atomic mass is 16.4. The second-order valence-electron chi connectivity index (χ2n) is 4.77. The molecule has 3 heteroatoms. The van der Waals surface area contributed by atoms with Crippen LogP contribution in [0.1, 0.15) is 29.5 Å². The first kappa shape index (κ1) is 12.1. The number of aryl methyl sites for hydroxylation is 2. The van der Waals surface area contributed by atoms with Crippen molar-refractivity contribution in [3.05, 3.63) is 34.9 Å². The molecular weight excluding hydrogens is 214 g/mol. The Morgan fingerprint density at radius 1 is 1.35 bits per heavy atom. The molecule has 0 saturated heterocycles. The molecule has 1 aliphatic carbocycles. The summed E-state index contributed by atoms with van der Waals surface area (Å²) in [7, 11) is 0. The van der Waals surface area contributed by atoms with Gasteiger partial charge in [-0.3, -0.25) is 4.79 Å². The molecule has 0 radical (unpaired) electrons. The lowest BCUT2D eigenvalue weighted by Crippen LogP contribution is -2.20. The molecule has 0 heterocycles. The number of carbonyl (C=O) groups is 1. The van der Waals surface area contributed by atoms with E-state index < -0.39 is 5.97 Å². The Hall–Kier alpha value is -1.35. The average Bonchev–Trinajstić information content (AvgIpc) is 2.75. The maximum absolute atomic E-state index is 11.1. The van der Waals surface area contributed by atoms with Crippen molar-refractivity contribution in [3.63, 3.8) is 0 Å². The van der Waals surface area contributed by atoms with Gasteiger partial charge in [0.2, 0.25) is 0 Å². The minimum Gasteiger partial charge on any atom is -0.481 e. The van der Waals surface area contributed by atoms with Crippen molar-refractivity contribution >= 4 is 5.97 Å². The minimum absolute atomic E-state index is 0.348. The van der Waals surface area contributed by atoms with Crippen molar-refractivity contribution < 1.29 is 9.90 Å². The molecule has 0 aliphatic heterocycles. The van der Waals surface area contributed by atoms with Crippen LogP contribution in [-0.2, 0) is 24.1 Å². The molecule has 1 atom stereocenters. The number of hydrogen-bond acceptors (Lipinski definition) is 2. The second-order valence-corrected chi connectivity index (χ2v) is 4.77. The molecule has 1 aromatic rings. The van der Waals surface area contributed by atoms with Crippen molar-refractivity contribution in [1.29, 1.82) is 0 Å². The van der Waals surface area contributed by atoms with Crippen LogP contribution in [-0.4, -0.2) is 17.6 Å². The number of carboxylic acid groups (broad SMARTS) is 1. The summed E-state index contributed by atoms with van der Waals surface area (Å²) >= 11 is 0. The van der Waals surface area contributed by atoms with Crippen LogP contribution >= 0.6 is 0 Å². The topological polar surface area (TPSA) is 63.3 Å². The van der Waals surface area contributed by atoms with E-state index in [4.69, 9.17) is 10.8 Å². The number of hydrogen-bond donors (Lipinski definition) is 2. The SMILES string of the molecule is NCCC(Cc1ccc2c(c1)CCC2)C(=O)O. The van der Waals surface area contributed by atoms with Crippen molar-refractivity contribution in [2.45, 2.75) is 32.1 Å². The predicted octanol–water partition coefficient (Wildman–Crippen LogP) is 1.77. The number of rotatable bonds is 5. The van der Waals surface area contributed by atoms with E-state index in [0.717, 1.165) is 12.0 Å². The van der Waals surface area contributed by atoms with Gasteiger partial charge in [-0.1, -0.05) is 18.2 Å². The molecular formula is C14H19NO2. The lowest BCUT2D eigenvalue weighted by molar-refractivity contribution is -0.141. The first-order valence-electron chi connectivity index (χ1n) is 6.24. The van der Waals surface area contributed by atoms with Crippen LogP contribution in [0.15, 0.2) is 18.2 Å². The molecule has 0 bridgehead atoms. The quantitative estimate of drug-likeness (QED) is 0.814. The standard InChI is InChI=1S/C14H19NO2/c15-7-6-13(14(16)17)9-10-4-5-11-2-1-3-12(11)8-10/h4-5,8,13H,1-3,6-7,9,15H2,(H,16,17). The van der Waals surface area contributed by atoms with Gasteiger partial charge in [0.25, 0.3) is 0 Å². The zero-order chi connectivity index (χ0) is 12.3. The smallest absolute Gasteiger partial charge is 0.306 e. The van der Waals surface area contributed by atoms with Crippen LogP contribution < -0.4 is 5.73 Å². The predicted molar refractivity (Wildman–Crippen MR) is 67.0 cm³/mol. The van der Waals surface area contributed by atoms with Gasteiger partial charge in [0.05, 0.1) is 5.92 Å². The van der Waals surface area contributed by atoms with Crippen LogP contribution in [0.2, 0.25) is 0 Å². The summed E-state index contributed by atoms with van der Waals surface area (Å²) in [5, 5.41) is 9.10. The van der Waals surface area contributed by atoms with Gasteiger partial charge in [-0.2, -0.15) is 0 Å². The van der Waals surface area contributed by atoms with Gasteiger partial charge in [-0.15, -0.1) is 0 Å². The van der Waals surface area contributed by atoms with Gasteiger partial charge in [-0.25, -0.2) is 0 Å². The maximum atomic E-state index is 11.1. The number of aliphatic carboxylic acids is 1. The van der Waals surface area contributed by atoms with E-state index in [1.165, 1.54) is 24.0 Å². The molecule has 0 aromatic heterocycles. The first-order valence-corrected chi connectivity index (χ1v) is 6.24. The molecule has 1 aliphatic rings. The fourth-order valence-corrected chi connectivity index (χ4v) is 2.55. The maximum Gasteiger partial charge on any atom is 0.306 e. The zero-order valence-corrected chi connectivity index (χ0v) is 9.98. The molecule has 0 spiro atoms. The molecule has 3 nitrogen and oxygen atoms in total. The van der Waals surface area contributed by atoms with Crippen molar-refractivity contribution in [1.82, 2.24) is 0 Å². The molecule has 92 valence electrons. The highest BCUT2D eigenvalue weighted by Gasteiger charge is 2.18. The Morgan fingerprint density at radius 3 is 2.82 bits per heavy atom. The van der Waals surface area contributed by atoms with Crippen LogP contribution in [0, 0.1) is 5.92 Å². The molecule has 1 unspecified atom stereocenters. The van der Waals surface area contributed by atoms with Crippen molar-refractivity contribution in [2.24, 2.45) is 11.7 Å². The van der Waals surface area contributed by atoms with Gasteiger partial charge in [0.15, 0.2) is 0 Å². The van der Waals surface area contributed by atoms with Crippen LogP contribution in [0.4, 0.5) is 0 Å². The molecule has 0 amide bonds. The van der Waals surface area contributed by atoms with E-state index in [2.05, 4.69) is 18.2 Å². The summed E-state index contributed by atoms with van der Waals surface area (Å²) < 4.78 is 0. The number of fused-ring (bicyclic) bond motifs is 1. The van der Waals surface area contributed by atoms with Gasteiger partial charge < -0.3 is 10.8 Å². The number of benzene rings is 1. The summed E-state index contributed by atoms with van der Waals surface area (Å²) in [6.07, 6.45) is 4.68. The van der Waals surface area contributed by atoms with E-state index in [1.54, 1.807) is 0 Å². The summed E-state index contributed by atoms with van der Waals surface area (Å²) in [5.41, 5.74) is 9.41. The van der Waals surface area contributed by atoms with E-state index in [1.807, 2.05) is 0 Å². The van der Waals surface area contributed by atoms with E-state index in [-0.39, 0.29) is 5.92 Å². The third-order valence-electron chi connectivity index (χ3n) is 3.51. The fraction of sp³-hybridized carbons (Fsp3) is 0.500. The van der Waals surface area contributed by atoms with Gasteiger partial charge in [0, 0.05) is 0 Å². The number of carboxylic acids is 1. The van der Waals surface area contributed by atoms with E-state index >= 15 is 0 Å². The van der Waals surface area contributed by atoms with Crippen LogP contribution in [0.25, 0.3) is 0 Å². The van der Waals surface area contributed by atoms with E-state index in [0.29, 0.717) is 19.4 Å². The lowest BCUT2D eigenvalue weighted by atomic mass is 9.94. The first-order chi connectivity index (χ1) is 8.20. The average molecular weight is 233 g/mol. The summed E-state index contributed by atoms with van der Waals surface area (Å²) in [5.74, 6) is -1.09. The van der Waals surface area contributed by atoms with Gasteiger partial charge >= 0.3 is 5.97 Å². The van der Waals surface area contributed by atoms with Gasteiger partial charge in [-0.05, 0) is 55.3 Å². The lowest BCUT2D eigenvalue weighted by Gasteiger charge is -2.12. The van der Waals surface area contributed by atoms with Gasteiger partial charge in [0.1, 0.15) is 0 Å². The molecule has 3 N–H and O–H groups in total. The minimum atomic E-state index is -0.740. The fourth-order valence-electron chi connectivity index (χ4n) is 2.55. The number of nitrogens with two attached hydrogens (primary N) is 1. The van der Waals surface area contributed by atoms with Crippen LogP contribution in [0.5, 0.6) is 0 Å². The Labute approximate surface area is 102 Å². The third-order valence-corrected chi connectivity index (χ3v) is 3.51. The largest absolute Gasteiger partial charge is 0.481 e. The Balaban J connectivity index is 2.09. The Bertz CT molecular complexity index is 415. The monoisotopic (exact) mass is 233 g/mol. The van der Waals surface area contributed by atoms with E-state index in [9.17, 15) is 4.79 Å². The summed E-state index contributed by atoms with van der Waals surface area (Å²) in [6, 6.07) is 6.39. The second kappa shape index (κ2) is 5.32. The molecule has 0 fully saturated rings. The zero-order valence-electron chi connectivity index (χ0n) is 9.98. The highest BCUT2D eigenvalue weighted by Crippen LogP contribution is 2.24. The third kappa shape index (κ3) is 2.86. The summed E-state index contributed by atoms with van der Waals surface area (Å²) in [4.78, 5) is 11.1.